The molecule has 0 aromatic carbocycles. The maximum Gasteiger partial charge on any atom is 0.293 e. The molecule has 0 bridgehead atoms. The van der Waals surface area contributed by atoms with E-state index in [-0.39, 0.29) is 0 Å². The molecule has 0 saturated heterocycles. The van der Waals surface area contributed by atoms with E-state index in [0.717, 1.165) is 12.3 Å². The summed E-state index contributed by atoms with van der Waals surface area (Å²) >= 11 is 0. The van der Waals surface area contributed by atoms with Crippen LogP contribution < -0.4 is 0 Å². The Kier molecular flexibility index (Phi) is 3.73. The topological polar surface area (TPSA) is 64.5 Å². The number of furan rings is 1. The number of hydrogen-bond donors (Lipinski definition) is 0. The van der Waals surface area contributed by atoms with E-state index in [1.54, 1.807) is 7.11 Å². The van der Waals surface area contributed by atoms with Crippen molar-refractivity contribution in [1.82, 2.24) is 15.0 Å². The zero-order chi connectivity index (χ0) is 14.0. The van der Waals surface area contributed by atoms with Crippen molar-refractivity contribution in [3.05, 3.63) is 23.7 Å². The van der Waals surface area contributed by atoms with Crippen LogP contribution in [0.5, 0.6) is 0 Å². The molecule has 2 rings (SSSR count). The second-order valence-corrected chi connectivity index (χ2v) is 5.14. The van der Waals surface area contributed by atoms with Crippen LogP contribution in [0.2, 0.25) is 0 Å². The van der Waals surface area contributed by atoms with Gasteiger partial charge in [0.05, 0.1) is 6.54 Å². The molecule has 6 nitrogen and oxygen atoms in total. The van der Waals surface area contributed by atoms with Gasteiger partial charge in [0.25, 0.3) is 5.89 Å². The predicted octanol–water partition coefficient (Wildman–Crippen LogP) is 2.27. The molecule has 0 saturated carbocycles. The van der Waals surface area contributed by atoms with E-state index >= 15 is 0 Å². The maximum atomic E-state index is 5.66. The summed E-state index contributed by atoms with van der Waals surface area (Å²) in [6.45, 7) is 4.48. The Morgan fingerprint density at radius 1 is 1.32 bits per heavy atom. The molecule has 0 unspecified atom stereocenters. The molecular formula is C13H19N3O3. The summed E-state index contributed by atoms with van der Waals surface area (Å²) in [6, 6.07) is 3.73. The van der Waals surface area contributed by atoms with Gasteiger partial charge in [0.1, 0.15) is 11.4 Å². The van der Waals surface area contributed by atoms with Crippen molar-refractivity contribution in [3.8, 4) is 11.7 Å². The summed E-state index contributed by atoms with van der Waals surface area (Å²) in [4.78, 5) is 6.33. The summed E-state index contributed by atoms with van der Waals surface area (Å²) in [5.74, 6) is 2.29. The minimum atomic E-state index is -0.583. The van der Waals surface area contributed by atoms with Crippen LogP contribution in [0.15, 0.2) is 21.1 Å². The molecule has 2 heterocycles. The lowest BCUT2D eigenvalue weighted by Gasteiger charge is -2.17. The Morgan fingerprint density at radius 2 is 2.05 bits per heavy atom. The van der Waals surface area contributed by atoms with Gasteiger partial charge in [0.15, 0.2) is 5.76 Å². The lowest BCUT2D eigenvalue weighted by molar-refractivity contribution is 0.00973. The van der Waals surface area contributed by atoms with Crippen LogP contribution in [-0.2, 0) is 16.9 Å². The van der Waals surface area contributed by atoms with Crippen molar-refractivity contribution < 1.29 is 13.7 Å². The molecule has 104 valence electrons. The van der Waals surface area contributed by atoms with E-state index in [1.165, 1.54) is 0 Å². The van der Waals surface area contributed by atoms with Gasteiger partial charge >= 0.3 is 0 Å². The first kappa shape index (κ1) is 13.8. The van der Waals surface area contributed by atoms with Gasteiger partial charge in [0.2, 0.25) is 5.82 Å². The Morgan fingerprint density at radius 3 is 2.68 bits per heavy atom. The second kappa shape index (κ2) is 5.14. The number of ether oxygens (including phenoxy) is 1. The first-order valence-corrected chi connectivity index (χ1v) is 6.05. The summed E-state index contributed by atoms with van der Waals surface area (Å²) in [6.07, 6.45) is 0. The monoisotopic (exact) mass is 265 g/mol. The third-order valence-corrected chi connectivity index (χ3v) is 2.82. The Labute approximate surface area is 112 Å². The van der Waals surface area contributed by atoms with E-state index in [9.17, 15) is 0 Å². The van der Waals surface area contributed by atoms with E-state index < -0.39 is 5.60 Å². The predicted molar refractivity (Wildman–Crippen MR) is 69.4 cm³/mol. The molecule has 0 fully saturated rings. The fourth-order valence-corrected chi connectivity index (χ4v) is 1.55. The highest BCUT2D eigenvalue weighted by atomic mass is 16.5. The van der Waals surface area contributed by atoms with Gasteiger partial charge < -0.3 is 18.6 Å². The fourth-order valence-electron chi connectivity index (χ4n) is 1.55. The number of rotatable bonds is 5. The molecule has 0 amide bonds. The minimum absolute atomic E-state index is 0.366. The number of methoxy groups -OCH3 is 1. The van der Waals surface area contributed by atoms with Gasteiger partial charge in [-0.1, -0.05) is 5.16 Å². The molecule has 6 heteroatoms. The van der Waals surface area contributed by atoms with Crippen LogP contribution in [0.1, 0.15) is 25.4 Å². The second-order valence-electron chi connectivity index (χ2n) is 5.14. The van der Waals surface area contributed by atoms with E-state index in [0.29, 0.717) is 17.5 Å². The van der Waals surface area contributed by atoms with Crippen molar-refractivity contribution in [2.45, 2.75) is 26.0 Å². The summed E-state index contributed by atoms with van der Waals surface area (Å²) < 4.78 is 16.2. The van der Waals surface area contributed by atoms with Crippen molar-refractivity contribution >= 4 is 0 Å². The molecule has 0 aliphatic rings. The SMILES string of the molecule is COC(C)(C)c1noc(-c2ccc(CN(C)C)o2)n1. The largest absolute Gasteiger partial charge is 0.455 e. The van der Waals surface area contributed by atoms with Gasteiger partial charge in [-0.3, -0.25) is 0 Å². The molecule has 0 spiro atoms. The Hall–Kier alpha value is -1.66. The van der Waals surface area contributed by atoms with Crippen molar-refractivity contribution in [2.75, 3.05) is 21.2 Å². The van der Waals surface area contributed by atoms with Crippen LogP contribution in [0, 0.1) is 0 Å². The standard InChI is InChI=1S/C13H19N3O3/c1-13(2,17-5)12-14-11(19-15-12)10-7-6-9(18-10)8-16(3)4/h6-7H,8H2,1-5H3. The summed E-state index contributed by atoms with van der Waals surface area (Å²) in [5.41, 5.74) is -0.583. The molecule has 0 atom stereocenters. The van der Waals surface area contributed by atoms with Gasteiger partial charge in [-0.2, -0.15) is 4.98 Å². The smallest absolute Gasteiger partial charge is 0.293 e. The molecule has 2 aromatic rings. The molecule has 0 aliphatic heterocycles. The lowest BCUT2D eigenvalue weighted by atomic mass is 10.1. The average Bonchev–Trinajstić information content (AvgIpc) is 2.96. The quantitative estimate of drug-likeness (QED) is 0.826. The van der Waals surface area contributed by atoms with E-state index in [4.69, 9.17) is 13.7 Å². The van der Waals surface area contributed by atoms with Gasteiger partial charge in [-0.15, -0.1) is 0 Å². The van der Waals surface area contributed by atoms with Gasteiger partial charge in [-0.05, 0) is 40.1 Å². The van der Waals surface area contributed by atoms with Crippen LogP contribution in [0.3, 0.4) is 0 Å². The highest BCUT2D eigenvalue weighted by Crippen LogP contribution is 2.26. The zero-order valence-corrected chi connectivity index (χ0v) is 11.9. The fraction of sp³-hybridized carbons (Fsp3) is 0.538. The van der Waals surface area contributed by atoms with Crippen molar-refractivity contribution in [1.29, 1.82) is 0 Å². The zero-order valence-electron chi connectivity index (χ0n) is 11.9. The molecule has 0 N–H and O–H groups in total. The molecule has 0 aliphatic carbocycles. The number of aromatic nitrogens is 2. The summed E-state index contributed by atoms with van der Waals surface area (Å²) in [5, 5.41) is 3.92. The maximum absolute atomic E-state index is 5.66. The Balaban J connectivity index is 2.21. The highest BCUT2D eigenvalue weighted by Gasteiger charge is 2.27. The van der Waals surface area contributed by atoms with Crippen LogP contribution in [0.4, 0.5) is 0 Å². The molecule has 19 heavy (non-hydrogen) atoms. The number of hydrogen-bond acceptors (Lipinski definition) is 6. The van der Waals surface area contributed by atoms with Gasteiger partial charge in [0, 0.05) is 7.11 Å². The normalized spacial score (nSPS) is 12.3. The van der Waals surface area contributed by atoms with Crippen LogP contribution in [0.25, 0.3) is 11.7 Å². The average molecular weight is 265 g/mol. The molecular weight excluding hydrogens is 246 g/mol. The number of nitrogens with zero attached hydrogens (tertiary/aromatic N) is 3. The first-order valence-electron chi connectivity index (χ1n) is 6.05. The third kappa shape index (κ3) is 3.02. The van der Waals surface area contributed by atoms with Gasteiger partial charge in [-0.25, -0.2) is 0 Å². The van der Waals surface area contributed by atoms with Crippen molar-refractivity contribution in [3.63, 3.8) is 0 Å². The first-order chi connectivity index (χ1) is 8.92. The molecule has 2 aromatic heterocycles. The third-order valence-electron chi connectivity index (χ3n) is 2.82. The van der Waals surface area contributed by atoms with Crippen molar-refractivity contribution in [2.24, 2.45) is 0 Å². The van der Waals surface area contributed by atoms with Crippen LogP contribution in [-0.4, -0.2) is 36.2 Å². The van der Waals surface area contributed by atoms with E-state index in [1.807, 2.05) is 45.0 Å². The lowest BCUT2D eigenvalue weighted by Crippen LogP contribution is -2.21. The van der Waals surface area contributed by atoms with E-state index in [2.05, 4.69) is 10.1 Å². The highest BCUT2D eigenvalue weighted by molar-refractivity contribution is 5.44. The Bertz CT molecular complexity index is 543. The minimum Gasteiger partial charge on any atom is -0.455 e. The van der Waals surface area contributed by atoms with Crippen LogP contribution >= 0.6 is 0 Å². The molecule has 0 radical (unpaired) electrons. The summed E-state index contributed by atoms with van der Waals surface area (Å²) in [7, 11) is 5.57.